The Kier molecular flexibility index (Phi) is 2.22. The summed E-state index contributed by atoms with van der Waals surface area (Å²) >= 11 is 0. The normalized spacial score (nSPS) is 17.2. The Morgan fingerprint density at radius 2 is 2.50 bits per heavy atom. The molecule has 0 aliphatic heterocycles. The molecule has 1 aliphatic carbocycles. The van der Waals surface area contributed by atoms with E-state index in [4.69, 9.17) is 5.26 Å². The second-order valence-electron chi connectivity index (χ2n) is 2.23. The molecule has 0 unspecified atom stereocenters. The molecule has 0 amide bonds. The summed E-state index contributed by atoms with van der Waals surface area (Å²) in [5.41, 5.74) is 0.644. The van der Waals surface area contributed by atoms with Crippen molar-refractivity contribution in [3.63, 3.8) is 0 Å². The minimum Gasteiger partial charge on any atom is -0.207 e. The van der Waals surface area contributed by atoms with Gasteiger partial charge in [-0.25, -0.2) is 4.39 Å². The SMILES string of the molecule is N#CCC1=C(F)C=CCC1. The Morgan fingerprint density at radius 3 is 3.10 bits per heavy atom. The first-order chi connectivity index (χ1) is 4.84. The van der Waals surface area contributed by atoms with Gasteiger partial charge >= 0.3 is 0 Å². The summed E-state index contributed by atoms with van der Waals surface area (Å²) in [6.07, 6.45) is 5.03. The molecule has 0 saturated heterocycles. The summed E-state index contributed by atoms with van der Waals surface area (Å²) in [6, 6.07) is 1.94. The molecule has 0 aromatic rings. The van der Waals surface area contributed by atoms with Gasteiger partial charge in [-0.3, -0.25) is 0 Å². The smallest absolute Gasteiger partial charge is 0.123 e. The maximum absolute atomic E-state index is 12.7. The summed E-state index contributed by atoms with van der Waals surface area (Å²) < 4.78 is 12.7. The van der Waals surface area contributed by atoms with Crippen molar-refractivity contribution in [3.8, 4) is 6.07 Å². The van der Waals surface area contributed by atoms with Gasteiger partial charge in [0, 0.05) is 0 Å². The van der Waals surface area contributed by atoms with E-state index in [2.05, 4.69) is 0 Å². The zero-order valence-electron chi connectivity index (χ0n) is 5.60. The summed E-state index contributed by atoms with van der Waals surface area (Å²) in [5, 5.41) is 8.26. The number of hydrogen-bond donors (Lipinski definition) is 0. The zero-order valence-corrected chi connectivity index (χ0v) is 5.60. The standard InChI is InChI=1S/C8H8FN/c9-8-4-2-1-3-7(8)5-6-10/h2,4H,1,3,5H2. The third kappa shape index (κ3) is 1.44. The van der Waals surface area contributed by atoms with Crippen molar-refractivity contribution in [2.24, 2.45) is 0 Å². The van der Waals surface area contributed by atoms with Gasteiger partial charge in [-0.15, -0.1) is 0 Å². The number of hydrogen-bond acceptors (Lipinski definition) is 1. The monoisotopic (exact) mass is 137 g/mol. The number of halogens is 1. The molecule has 0 bridgehead atoms. The van der Waals surface area contributed by atoms with Crippen molar-refractivity contribution in [2.45, 2.75) is 19.3 Å². The Morgan fingerprint density at radius 1 is 1.70 bits per heavy atom. The molecule has 1 aliphatic rings. The molecule has 52 valence electrons. The summed E-state index contributed by atoms with van der Waals surface area (Å²) in [7, 11) is 0. The summed E-state index contributed by atoms with van der Waals surface area (Å²) in [6.45, 7) is 0. The van der Waals surface area contributed by atoms with Crippen molar-refractivity contribution in [3.05, 3.63) is 23.6 Å². The van der Waals surface area contributed by atoms with Crippen LogP contribution < -0.4 is 0 Å². The molecule has 0 aromatic carbocycles. The van der Waals surface area contributed by atoms with Crippen LogP contribution >= 0.6 is 0 Å². The van der Waals surface area contributed by atoms with Crippen LogP contribution in [0, 0.1) is 11.3 Å². The average Bonchev–Trinajstić information content (AvgIpc) is 1.94. The Balaban J connectivity index is 2.71. The van der Waals surface area contributed by atoms with Crippen LogP contribution in [0.3, 0.4) is 0 Å². The van der Waals surface area contributed by atoms with E-state index in [0.29, 0.717) is 12.0 Å². The molecule has 0 spiro atoms. The number of nitriles is 1. The first kappa shape index (κ1) is 7.01. The summed E-state index contributed by atoms with van der Waals surface area (Å²) in [5.74, 6) is -0.215. The molecular formula is C8H8FN. The van der Waals surface area contributed by atoms with Crippen molar-refractivity contribution >= 4 is 0 Å². The summed E-state index contributed by atoms with van der Waals surface area (Å²) in [4.78, 5) is 0. The third-order valence-electron chi connectivity index (χ3n) is 1.51. The minimum absolute atomic E-state index is 0.215. The lowest BCUT2D eigenvalue weighted by atomic mass is 10.0. The maximum Gasteiger partial charge on any atom is 0.123 e. The molecular weight excluding hydrogens is 129 g/mol. The van der Waals surface area contributed by atoms with Crippen LogP contribution in [0.4, 0.5) is 4.39 Å². The fraction of sp³-hybridized carbons (Fsp3) is 0.375. The average molecular weight is 137 g/mol. The van der Waals surface area contributed by atoms with Crippen LogP contribution in [0.5, 0.6) is 0 Å². The van der Waals surface area contributed by atoms with Gasteiger partial charge in [0.1, 0.15) is 5.83 Å². The highest BCUT2D eigenvalue weighted by Crippen LogP contribution is 2.21. The molecule has 0 fully saturated rings. The van der Waals surface area contributed by atoms with E-state index in [1.165, 1.54) is 6.08 Å². The lowest BCUT2D eigenvalue weighted by Crippen LogP contribution is -1.89. The second kappa shape index (κ2) is 3.17. The van der Waals surface area contributed by atoms with Crippen LogP contribution in [0.15, 0.2) is 23.6 Å². The quantitative estimate of drug-likeness (QED) is 0.544. The van der Waals surface area contributed by atoms with E-state index in [-0.39, 0.29) is 12.2 Å². The van der Waals surface area contributed by atoms with Gasteiger partial charge in [0.2, 0.25) is 0 Å². The van der Waals surface area contributed by atoms with Crippen LogP contribution in [-0.2, 0) is 0 Å². The van der Waals surface area contributed by atoms with Gasteiger partial charge in [0.15, 0.2) is 0 Å². The Labute approximate surface area is 59.5 Å². The van der Waals surface area contributed by atoms with Gasteiger partial charge < -0.3 is 0 Å². The molecule has 10 heavy (non-hydrogen) atoms. The first-order valence-electron chi connectivity index (χ1n) is 3.25. The molecule has 0 atom stereocenters. The molecule has 0 aromatic heterocycles. The maximum atomic E-state index is 12.7. The fourth-order valence-corrected chi connectivity index (χ4v) is 0.950. The van der Waals surface area contributed by atoms with E-state index in [9.17, 15) is 4.39 Å². The van der Waals surface area contributed by atoms with Gasteiger partial charge in [-0.2, -0.15) is 5.26 Å². The molecule has 0 N–H and O–H groups in total. The highest BCUT2D eigenvalue weighted by Gasteiger charge is 2.06. The Bertz CT molecular complexity index is 220. The molecule has 2 heteroatoms. The van der Waals surface area contributed by atoms with Gasteiger partial charge in [0.25, 0.3) is 0 Å². The molecule has 0 saturated carbocycles. The lowest BCUT2D eigenvalue weighted by Gasteiger charge is -2.05. The highest BCUT2D eigenvalue weighted by atomic mass is 19.1. The fourth-order valence-electron chi connectivity index (χ4n) is 0.950. The van der Waals surface area contributed by atoms with E-state index in [0.717, 1.165) is 6.42 Å². The van der Waals surface area contributed by atoms with E-state index >= 15 is 0 Å². The first-order valence-corrected chi connectivity index (χ1v) is 3.25. The van der Waals surface area contributed by atoms with Crippen molar-refractivity contribution in [2.75, 3.05) is 0 Å². The predicted molar refractivity (Wildman–Crippen MR) is 36.7 cm³/mol. The van der Waals surface area contributed by atoms with Gasteiger partial charge in [-0.05, 0) is 24.5 Å². The van der Waals surface area contributed by atoms with Crippen molar-refractivity contribution in [1.82, 2.24) is 0 Å². The zero-order chi connectivity index (χ0) is 7.40. The van der Waals surface area contributed by atoms with Crippen LogP contribution in [0.1, 0.15) is 19.3 Å². The van der Waals surface area contributed by atoms with Crippen molar-refractivity contribution in [1.29, 1.82) is 5.26 Å². The van der Waals surface area contributed by atoms with E-state index < -0.39 is 0 Å². The van der Waals surface area contributed by atoms with Crippen LogP contribution in [0.25, 0.3) is 0 Å². The lowest BCUT2D eigenvalue weighted by molar-refractivity contribution is 0.631. The van der Waals surface area contributed by atoms with Gasteiger partial charge in [-0.1, -0.05) is 6.08 Å². The van der Waals surface area contributed by atoms with E-state index in [1.807, 2.05) is 6.07 Å². The topological polar surface area (TPSA) is 23.8 Å². The van der Waals surface area contributed by atoms with Crippen LogP contribution in [-0.4, -0.2) is 0 Å². The molecule has 0 radical (unpaired) electrons. The number of allylic oxidation sites excluding steroid dienone is 4. The predicted octanol–water partition coefficient (Wildman–Crippen LogP) is 2.47. The highest BCUT2D eigenvalue weighted by molar-refractivity contribution is 5.25. The number of rotatable bonds is 1. The third-order valence-corrected chi connectivity index (χ3v) is 1.51. The second-order valence-corrected chi connectivity index (χ2v) is 2.23. The molecule has 0 heterocycles. The molecule has 1 rings (SSSR count). The van der Waals surface area contributed by atoms with E-state index in [1.54, 1.807) is 6.08 Å². The number of nitrogens with zero attached hydrogens (tertiary/aromatic N) is 1. The minimum atomic E-state index is -0.215. The van der Waals surface area contributed by atoms with Crippen LogP contribution in [0.2, 0.25) is 0 Å². The largest absolute Gasteiger partial charge is 0.207 e. The Hall–Kier alpha value is -1.10. The van der Waals surface area contributed by atoms with Crippen molar-refractivity contribution < 1.29 is 4.39 Å². The molecule has 1 nitrogen and oxygen atoms in total. The van der Waals surface area contributed by atoms with Gasteiger partial charge in [0.05, 0.1) is 12.5 Å².